The normalized spacial score (nSPS) is 18.1. The van der Waals surface area contributed by atoms with Crippen molar-refractivity contribution in [1.29, 1.82) is 0 Å². The van der Waals surface area contributed by atoms with Crippen molar-refractivity contribution in [3.05, 3.63) is 59.2 Å². The Labute approximate surface area is 186 Å². The van der Waals surface area contributed by atoms with E-state index < -0.39 is 29.7 Å². The van der Waals surface area contributed by atoms with Gasteiger partial charge in [0.2, 0.25) is 11.8 Å². The molecule has 0 aromatic heterocycles. The fraction of sp³-hybridized carbons (Fsp3) is 0.333. The summed E-state index contributed by atoms with van der Waals surface area (Å²) in [5, 5.41) is 5.36. The number of nitrogens with one attached hydrogen (secondary N) is 2. The van der Waals surface area contributed by atoms with E-state index in [4.69, 9.17) is 0 Å². The van der Waals surface area contributed by atoms with Crippen LogP contribution in [0.1, 0.15) is 45.5 Å². The predicted octanol–water partition coefficient (Wildman–Crippen LogP) is 2.01. The third-order valence-corrected chi connectivity index (χ3v) is 6.02. The molecule has 2 heterocycles. The molecule has 1 fully saturated rings. The van der Waals surface area contributed by atoms with Crippen LogP contribution in [-0.2, 0) is 16.0 Å². The third-order valence-electron chi connectivity index (χ3n) is 6.02. The van der Waals surface area contributed by atoms with Gasteiger partial charge in [-0.25, -0.2) is 0 Å². The minimum atomic E-state index is -0.977. The minimum absolute atomic E-state index is 0.0945. The summed E-state index contributed by atoms with van der Waals surface area (Å²) in [7, 11) is 3.78. The Balaban J connectivity index is 1.60. The zero-order valence-corrected chi connectivity index (χ0v) is 18.2. The highest BCUT2D eigenvalue weighted by molar-refractivity contribution is 6.25. The molecule has 2 aliphatic rings. The topological polar surface area (TPSA) is 98.8 Å². The largest absolute Gasteiger partial charge is 0.344 e. The van der Waals surface area contributed by atoms with Crippen molar-refractivity contribution >= 4 is 35.0 Å². The molecule has 0 radical (unpaired) electrons. The smallest absolute Gasteiger partial charge is 0.264 e. The maximum absolute atomic E-state index is 13.3. The van der Waals surface area contributed by atoms with Gasteiger partial charge in [-0.05, 0) is 62.7 Å². The standard InChI is InChI=1S/C24H26N4O4/c1-25-14-4-5-15-8-10-16(11-9-15)27(2)18-7-3-6-17-21(18)24(32)28(23(17)31)19-12-13-20(29)26-22(19)30/h3,6-11,19,25H,4-5,12-14H2,1-2H3,(H,26,29,30). The van der Waals surface area contributed by atoms with Gasteiger partial charge in [-0.1, -0.05) is 18.2 Å². The van der Waals surface area contributed by atoms with Crippen molar-refractivity contribution in [3.8, 4) is 0 Å². The molecule has 8 nitrogen and oxygen atoms in total. The van der Waals surface area contributed by atoms with Gasteiger partial charge in [0.05, 0.1) is 16.8 Å². The summed E-state index contributed by atoms with van der Waals surface area (Å²) < 4.78 is 0. The fourth-order valence-electron chi connectivity index (χ4n) is 4.27. The second kappa shape index (κ2) is 8.92. The van der Waals surface area contributed by atoms with E-state index in [1.165, 1.54) is 5.56 Å². The van der Waals surface area contributed by atoms with E-state index in [9.17, 15) is 19.2 Å². The first kappa shape index (κ1) is 21.7. The Hall–Kier alpha value is -3.52. The molecule has 0 bridgehead atoms. The molecule has 166 valence electrons. The SMILES string of the molecule is CNCCCc1ccc(N(C)c2cccc3c2C(=O)N(C2CCC(=O)NC2=O)C3=O)cc1. The molecule has 1 unspecified atom stereocenters. The van der Waals surface area contributed by atoms with Crippen molar-refractivity contribution in [2.24, 2.45) is 0 Å². The number of carbonyl (C=O) groups is 4. The van der Waals surface area contributed by atoms with Crippen molar-refractivity contribution in [2.75, 3.05) is 25.5 Å². The number of hydrogen-bond acceptors (Lipinski definition) is 6. The summed E-state index contributed by atoms with van der Waals surface area (Å²) in [4.78, 5) is 53.0. The maximum Gasteiger partial charge on any atom is 0.264 e. The van der Waals surface area contributed by atoms with Gasteiger partial charge >= 0.3 is 0 Å². The fourth-order valence-corrected chi connectivity index (χ4v) is 4.27. The first-order valence-corrected chi connectivity index (χ1v) is 10.7. The maximum atomic E-state index is 13.3. The molecule has 32 heavy (non-hydrogen) atoms. The molecule has 0 aliphatic carbocycles. The molecular formula is C24H26N4O4. The van der Waals surface area contributed by atoms with Gasteiger partial charge in [0.1, 0.15) is 6.04 Å². The summed E-state index contributed by atoms with van der Waals surface area (Å²) in [6.45, 7) is 0.956. The van der Waals surface area contributed by atoms with E-state index >= 15 is 0 Å². The van der Waals surface area contributed by atoms with Crippen LogP contribution in [-0.4, -0.2) is 55.2 Å². The Morgan fingerprint density at radius 2 is 1.81 bits per heavy atom. The first-order chi connectivity index (χ1) is 15.4. The molecule has 1 saturated heterocycles. The number of carbonyl (C=O) groups excluding carboxylic acids is 4. The van der Waals surface area contributed by atoms with Crippen LogP contribution in [0.25, 0.3) is 0 Å². The van der Waals surface area contributed by atoms with Gasteiger partial charge in [-0.3, -0.25) is 29.4 Å². The number of hydrogen-bond donors (Lipinski definition) is 2. The molecule has 2 N–H and O–H groups in total. The van der Waals surface area contributed by atoms with Crippen molar-refractivity contribution in [1.82, 2.24) is 15.5 Å². The van der Waals surface area contributed by atoms with Crippen molar-refractivity contribution in [3.63, 3.8) is 0 Å². The van der Waals surface area contributed by atoms with Crippen LogP contribution in [0.2, 0.25) is 0 Å². The van der Waals surface area contributed by atoms with Crippen LogP contribution in [0.15, 0.2) is 42.5 Å². The Bertz CT molecular complexity index is 1080. The van der Waals surface area contributed by atoms with E-state index in [1.54, 1.807) is 18.2 Å². The number of nitrogens with zero attached hydrogens (tertiary/aromatic N) is 2. The van der Waals surface area contributed by atoms with Crippen LogP contribution in [0.3, 0.4) is 0 Å². The molecule has 2 aromatic carbocycles. The lowest BCUT2D eigenvalue weighted by atomic mass is 10.0. The summed E-state index contributed by atoms with van der Waals surface area (Å²) in [5.41, 5.74) is 3.26. The number of amides is 4. The van der Waals surface area contributed by atoms with E-state index in [2.05, 4.69) is 22.8 Å². The highest BCUT2D eigenvalue weighted by atomic mass is 16.2. The average molecular weight is 434 g/mol. The number of anilines is 2. The number of rotatable bonds is 7. The van der Waals surface area contributed by atoms with Gasteiger partial charge in [0, 0.05) is 19.2 Å². The van der Waals surface area contributed by atoms with Gasteiger partial charge in [-0.2, -0.15) is 0 Å². The van der Waals surface area contributed by atoms with Gasteiger partial charge in [0.25, 0.3) is 11.8 Å². The second-order valence-corrected chi connectivity index (χ2v) is 8.08. The van der Waals surface area contributed by atoms with Gasteiger partial charge in [-0.15, -0.1) is 0 Å². The van der Waals surface area contributed by atoms with Crippen LogP contribution < -0.4 is 15.5 Å². The zero-order valence-electron chi connectivity index (χ0n) is 18.2. The monoisotopic (exact) mass is 434 g/mol. The molecule has 8 heteroatoms. The molecule has 0 spiro atoms. The Morgan fingerprint density at radius 1 is 1.06 bits per heavy atom. The molecule has 4 amide bonds. The van der Waals surface area contributed by atoms with Crippen LogP contribution >= 0.6 is 0 Å². The third kappa shape index (κ3) is 3.89. The number of imide groups is 2. The Morgan fingerprint density at radius 3 is 2.50 bits per heavy atom. The van der Waals surface area contributed by atoms with Gasteiger partial charge in [0.15, 0.2) is 0 Å². The van der Waals surface area contributed by atoms with Crippen LogP contribution in [0, 0.1) is 0 Å². The number of piperidine rings is 1. The number of benzene rings is 2. The summed E-state index contributed by atoms with van der Waals surface area (Å²) in [6, 6.07) is 12.3. The number of fused-ring (bicyclic) bond motifs is 1. The minimum Gasteiger partial charge on any atom is -0.344 e. The van der Waals surface area contributed by atoms with E-state index in [1.807, 2.05) is 31.1 Å². The average Bonchev–Trinajstić information content (AvgIpc) is 3.04. The lowest BCUT2D eigenvalue weighted by Gasteiger charge is -2.28. The van der Waals surface area contributed by atoms with Crippen molar-refractivity contribution in [2.45, 2.75) is 31.7 Å². The Kier molecular flexibility index (Phi) is 6.05. The molecule has 2 aromatic rings. The highest BCUT2D eigenvalue weighted by Crippen LogP contribution is 2.36. The molecular weight excluding hydrogens is 408 g/mol. The summed E-state index contributed by atoms with van der Waals surface area (Å²) in [6.07, 6.45) is 2.25. The van der Waals surface area contributed by atoms with E-state index in [0.29, 0.717) is 5.69 Å². The van der Waals surface area contributed by atoms with E-state index in [-0.39, 0.29) is 24.0 Å². The van der Waals surface area contributed by atoms with Gasteiger partial charge < -0.3 is 10.2 Å². The van der Waals surface area contributed by atoms with Crippen LogP contribution in [0.4, 0.5) is 11.4 Å². The van der Waals surface area contributed by atoms with Crippen LogP contribution in [0.5, 0.6) is 0 Å². The summed E-state index contributed by atoms with van der Waals surface area (Å²) >= 11 is 0. The predicted molar refractivity (Wildman–Crippen MR) is 120 cm³/mol. The lowest BCUT2D eigenvalue weighted by molar-refractivity contribution is -0.136. The van der Waals surface area contributed by atoms with Crippen molar-refractivity contribution < 1.29 is 19.2 Å². The molecule has 4 rings (SSSR count). The first-order valence-electron chi connectivity index (χ1n) is 10.7. The quantitative estimate of drug-likeness (QED) is 0.511. The molecule has 2 aliphatic heterocycles. The highest BCUT2D eigenvalue weighted by Gasteiger charge is 2.45. The lowest BCUT2D eigenvalue weighted by Crippen LogP contribution is -2.54. The second-order valence-electron chi connectivity index (χ2n) is 8.08. The van der Waals surface area contributed by atoms with E-state index in [0.717, 1.165) is 30.0 Å². The molecule has 0 saturated carbocycles. The number of aryl methyl sites for hydroxylation is 1. The molecule has 1 atom stereocenters. The summed E-state index contributed by atoms with van der Waals surface area (Å²) in [5.74, 6) is -2.02. The zero-order chi connectivity index (χ0) is 22.8.